The highest BCUT2D eigenvalue weighted by Crippen LogP contribution is 2.59. The van der Waals surface area contributed by atoms with E-state index in [1.807, 2.05) is 60.8 Å². The monoisotopic (exact) mass is 581 g/mol. The number of piperidine rings is 1. The van der Waals surface area contributed by atoms with Crippen molar-refractivity contribution in [2.24, 2.45) is 11.3 Å². The van der Waals surface area contributed by atoms with Crippen LogP contribution in [-0.4, -0.2) is 41.2 Å². The molecular weight excluding hydrogens is 546 g/mol. The number of carbonyl (C=O) groups is 2. The number of rotatable bonds is 7. The second-order valence-corrected chi connectivity index (χ2v) is 12.7. The van der Waals surface area contributed by atoms with Crippen molar-refractivity contribution in [1.29, 1.82) is 0 Å². The van der Waals surface area contributed by atoms with Crippen molar-refractivity contribution in [1.82, 2.24) is 9.88 Å². The van der Waals surface area contributed by atoms with Crippen molar-refractivity contribution in [2.45, 2.75) is 51.5 Å². The molecule has 1 saturated carbocycles. The zero-order valence-corrected chi connectivity index (χ0v) is 24.7. The van der Waals surface area contributed by atoms with Gasteiger partial charge in [0.15, 0.2) is 5.78 Å². The number of nitrogens with zero attached hydrogens (tertiary/aromatic N) is 2. The van der Waals surface area contributed by atoms with Crippen molar-refractivity contribution in [2.75, 3.05) is 24.5 Å². The summed E-state index contributed by atoms with van der Waals surface area (Å²) in [6.07, 6.45) is 8.19. The Hall–Kier alpha value is -3.77. The summed E-state index contributed by atoms with van der Waals surface area (Å²) in [6, 6.07) is 22.1. The van der Waals surface area contributed by atoms with E-state index in [2.05, 4.69) is 26.9 Å². The van der Waals surface area contributed by atoms with Crippen LogP contribution in [0.4, 0.5) is 5.69 Å². The number of aromatic amines is 1. The quantitative estimate of drug-likeness (QED) is 0.176. The van der Waals surface area contributed by atoms with Gasteiger partial charge in [0.1, 0.15) is 11.5 Å². The van der Waals surface area contributed by atoms with Crippen LogP contribution in [0.3, 0.4) is 0 Å². The fourth-order valence-corrected chi connectivity index (χ4v) is 7.66. The molecule has 3 heterocycles. The van der Waals surface area contributed by atoms with Crippen LogP contribution in [0, 0.1) is 11.3 Å². The molecule has 1 N–H and O–H groups in total. The second-order valence-electron chi connectivity index (χ2n) is 12.3. The van der Waals surface area contributed by atoms with E-state index in [0.29, 0.717) is 28.9 Å². The first-order chi connectivity index (χ1) is 20.4. The molecule has 4 aromatic rings. The number of benzene rings is 3. The summed E-state index contributed by atoms with van der Waals surface area (Å²) in [5.74, 6) is 2.07. The smallest absolute Gasteiger partial charge is 0.231 e. The Labute approximate surface area is 251 Å². The van der Waals surface area contributed by atoms with E-state index in [0.717, 1.165) is 79.8 Å². The van der Waals surface area contributed by atoms with Crippen molar-refractivity contribution in [3.63, 3.8) is 0 Å². The number of Topliss-reactive ketones (excluding diaryl/α,β-unsaturated/α-hetero) is 1. The maximum absolute atomic E-state index is 13.6. The molecule has 42 heavy (non-hydrogen) atoms. The number of ether oxygens (including phenoxy) is 1. The number of fused-ring (bicyclic) bond motifs is 1. The molecule has 1 unspecified atom stereocenters. The highest BCUT2D eigenvalue weighted by Gasteiger charge is 2.61. The minimum atomic E-state index is -0.213. The molecule has 1 amide bonds. The molecule has 1 atom stereocenters. The molecule has 2 saturated heterocycles. The minimum Gasteiger partial charge on any atom is -0.457 e. The molecule has 3 fully saturated rings. The largest absolute Gasteiger partial charge is 0.457 e. The van der Waals surface area contributed by atoms with Gasteiger partial charge in [-0.25, -0.2) is 0 Å². The van der Waals surface area contributed by atoms with Crippen LogP contribution in [0.5, 0.6) is 11.5 Å². The Morgan fingerprint density at radius 3 is 2.50 bits per heavy atom. The van der Waals surface area contributed by atoms with Gasteiger partial charge in [0, 0.05) is 53.5 Å². The van der Waals surface area contributed by atoms with Gasteiger partial charge in [0.25, 0.3) is 0 Å². The number of hydrogen-bond acceptors (Lipinski definition) is 4. The number of carbonyl (C=O) groups excluding carboxylic acids is 2. The van der Waals surface area contributed by atoms with Crippen LogP contribution < -0.4 is 9.64 Å². The third kappa shape index (κ3) is 4.76. The molecule has 7 heteroatoms. The second kappa shape index (κ2) is 10.8. The minimum absolute atomic E-state index is 0.0209. The van der Waals surface area contributed by atoms with E-state index in [-0.39, 0.29) is 17.2 Å². The highest BCUT2D eigenvalue weighted by molar-refractivity contribution is 6.30. The number of hydrogen-bond donors (Lipinski definition) is 1. The molecule has 6 nitrogen and oxygen atoms in total. The normalized spacial score (nSPS) is 20.3. The maximum Gasteiger partial charge on any atom is 0.231 e. The average Bonchev–Trinajstić information content (AvgIpc) is 3.69. The SMILES string of the molecule is CC(=O)c1ccc(N2CCC(CN3C(=O)C4(CCCC4)C3c3ccc(Cl)cc3)CC2)cc1Oc1ccc2[nH]ccc2c1. The van der Waals surface area contributed by atoms with Gasteiger partial charge in [-0.3, -0.25) is 9.59 Å². The van der Waals surface area contributed by atoms with Crippen LogP contribution in [0.1, 0.15) is 67.4 Å². The predicted molar refractivity (Wildman–Crippen MR) is 167 cm³/mol. The summed E-state index contributed by atoms with van der Waals surface area (Å²) in [5.41, 5.74) is 3.68. The number of aromatic nitrogens is 1. The Balaban J connectivity index is 1.04. The van der Waals surface area contributed by atoms with Gasteiger partial charge in [0.05, 0.1) is 17.0 Å². The third-order valence-electron chi connectivity index (χ3n) is 9.74. The van der Waals surface area contributed by atoms with E-state index in [4.69, 9.17) is 16.3 Å². The summed E-state index contributed by atoms with van der Waals surface area (Å²) in [7, 11) is 0. The zero-order valence-electron chi connectivity index (χ0n) is 23.9. The Morgan fingerprint density at radius 1 is 1.00 bits per heavy atom. The molecule has 1 aromatic heterocycles. The fourth-order valence-electron chi connectivity index (χ4n) is 7.53. The molecule has 1 spiro atoms. The third-order valence-corrected chi connectivity index (χ3v) is 9.99. The Kier molecular flexibility index (Phi) is 6.97. The number of likely N-dealkylation sites (tertiary alicyclic amines) is 1. The summed E-state index contributed by atoms with van der Waals surface area (Å²) < 4.78 is 6.28. The predicted octanol–water partition coefficient (Wildman–Crippen LogP) is 8.18. The summed E-state index contributed by atoms with van der Waals surface area (Å²) in [6.45, 7) is 4.18. The van der Waals surface area contributed by atoms with Crippen molar-refractivity contribution in [3.05, 3.63) is 89.1 Å². The molecule has 7 rings (SSSR count). The summed E-state index contributed by atoms with van der Waals surface area (Å²) in [5, 5.41) is 1.79. The van der Waals surface area contributed by atoms with Crippen LogP contribution in [-0.2, 0) is 4.79 Å². The van der Waals surface area contributed by atoms with E-state index in [1.54, 1.807) is 6.92 Å². The van der Waals surface area contributed by atoms with Crippen LogP contribution >= 0.6 is 11.6 Å². The number of nitrogens with one attached hydrogen (secondary N) is 1. The number of halogens is 1. The fraction of sp³-hybridized carbons (Fsp3) is 0.371. The van der Waals surface area contributed by atoms with Gasteiger partial charge in [-0.2, -0.15) is 0 Å². The lowest BCUT2D eigenvalue weighted by Crippen LogP contribution is -2.63. The van der Waals surface area contributed by atoms with Gasteiger partial charge < -0.3 is 19.5 Å². The van der Waals surface area contributed by atoms with Crippen molar-refractivity contribution >= 4 is 39.9 Å². The molecule has 216 valence electrons. The Morgan fingerprint density at radius 2 is 1.76 bits per heavy atom. The molecule has 3 aliphatic rings. The first-order valence-electron chi connectivity index (χ1n) is 15.1. The first-order valence-corrected chi connectivity index (χ1v) is 15.5. The van der Waals surface area contributed by atoms with E-state index < -0.39 is 0 Å². The first kappa shape index (κ1) is 27.1. The van der Waals surface area contributed by atoms with Gasteiger partial charge in [-0.1, -0.05) is 36.6 Å². The standard InChI is InChI=1S/C35H36ClN3O3/c1-23(40)30-10-8-28(21-32(30)42-29-9-11-31-26(20-29)12-17-37-31)38-18-13-24(14-19-38)22-39-33(25-4-6-27(36)7-5-25)35(34(39)41)15-2-3-16-35/h4-12,17,20-21,24,33,37H,2-3,13-16,18-19,22H2,1H3. The van der Waals surface area contributed by atoms with Gasteiger partial charge in [-0.05, 0) is 92.6 Å². The van der Waals surface area contributed by atoms with Gasteiger partial charge >= 0.3 is 0 Å². The Bertz CT molecular complexity index is 1630. The van der Waals surface area contributed by atoms with Crippen LogP contribution in [0.15, 0.2) is 72.9 Å². The maximum atomic E-state index is 13.6. The van der Waals surface area contributed by atoms with Gasteiger partial charge in [-0.15, -0.1) is 0 Å². The van der Waals surface area contributed by atoms with Crippen molar-refractivity contribution in [3.8, 4) is 11.5 Å². The lowest BCUT2D eigenvalue weighted by Gasteiger charge is -2.56. The number of ketones is 1. The zero-order chi connectivity index (χ0) is 28.8. The lowest BCUT2D eigenvalue weighted by molar-refractivity contribution is -0.174. The topological polar surface area (TPSA) is 65.6 Å². The van der Waals surface area contributed by atoms with Crippen LogP contribution in [0.2, 0.25) is 5.02 Å². The van der Waals surface area contributed by atoms with Gasteiger partial charge in [0.2, 0.25) is 5.91 Å². The van der Waals surface area contributed by atoms with E-state index in [9.17, 15) is 9.59 Å². The van der Waals surface area contributed by atoms with E-state index in [1.165, 1.54) is 5.56 Å². The highest BCUT2D eigenvalue weighted by atomic mass is 35.5. The van der Waals surface area contributed by atoms with Crippen molar-refractivity contribution < 1.29 is 14.3 Å². The lowest BCUT2D eigenvalue weighted by atomic mass is 9.66. The van der Waals surface area contributed by atoms with Crippen LogP contribution in [0.25, 0.3) is 10.9 Å². The number of amides is 1. The molecule has 2 aliphatic heterocycles. The molecule has 1 aliphatic carbocycles. The summed E-state index contributed by atoms with van der Waals surface area (Å²) in [4.78, 5) is 33.7. The number of β-lactam (4-membered cyclic amide) rings is 1. The summed E-state index contributed by atoms with van der Waals surface area (Å²) >= 11 is 6.19. The molecule has 3 aromatic carbocycles. The average molecular weight is 582 g/mol. The molecular formula is C35H36ClN3O3. The number of anilines is 1. The van der Waals surface area contributed by atoms with E-state index >= 15 is 0 Å². The molecule has 0 bridgehead atoms. The number of H-pyrrole nitrogens is 1. The molecule has 0 radical (unpaired) electrons.